The number of benzene rings is 2. The molecular formula is C24H23FN2O4S. The van der Waals surface area contributed by atoms with Crippen LogP contribution in [-0.4, -0.2) is 40.8 Å². The first-order valence-electron chi connectivity index (χ1n) is 10.1. The zero-order valence-electron chi connectivity index (χ0n) is 17.8. The maximum atomic E-state index is 13.8. The van der Waals surface area contributed by atoms with Crippen LogP contribution in [0.4, 0.5) is 9.18 Å². The van der Waals surface area contributed by atoms with E-state index in [0.29, 0.717) is 5.56 Å². The van der Waals surface area contributed by atoms with Crippen LogP contribution in [0, 0.1) is 19.7 Å². The molecule has 2 aromatic carbocycles. The number of amides is 3. The number of nitrogens with zero attached hydrogens (tertiary/aromatic N) is 1. The number of nitrogens with one attached hydrogen (secondary N) is 1. The molecule has 166 valence electrons. The normalized spacial score (nSPS) is 14.8. The molecule has 6 nitrogen and oxygen atoms in total. The summed E-state index contributed by atoms with van der Waals surface area (Å²) >= 11 is 0.733. The van der Waals surface area contributed by atoms with Crippen LogP contribution in [0.15, 0.2) is 47.4 Å². The summed E-state index contributed by atoms with van der Waals surface area (Å²) in [6.45, 7) is 3.96. The summed E-state index contributed by atoms with van der Waals surface area (Å²) in [4.78, 5) is 50.1. The molecule has 0 aliphatic carbocycles. The molecule has 32 heavy (non-hydrogen) atoms. The van der Waals surface area contributed by atoms with Gasteiger partial charge in [-0.2, -0.15) is 0 Å². The van der Waals surface area contributed by atoms with Crippen molar-refractivity contribution in [1.29, 1.82) is 0 Å². The second-order valence-corrected chi connectivity index (χ2v) is 8.42. The van der Waals surface area contributed by atoms with Crippen molar-refractivity contribution < 1.29 is 23.6 Å². The highest BCUT2D eigenvalue weighted by atomic mass is 32.2. The van der Waals surface area contributed by atoms with Crippen LogP contribution in [0.2, 0.25) is 0 Å². The van der Waals surface area contributed by atoms with Crippen LogP contribution < -0.4 is 5.32 Å². The molecule has 0 atom stereocenters. The maximum absolute atomic E-state index is 13.8. The molecule has 1 saturated heterocycles. The molecule has 1 N–H and O–H groups in total. The van der Waals surface area contributed by atoms with Gasteiger partial charge < -0.3 is 5.32 Å². The van der Waals surface area contributed by atoms with Gasteiger partial charge in [0.25, 0.3) is 11.1 Å². The average Bonchev–Trinajstić information content (AvgIpc) is 3.03. The highest BCUT2D eigenvalue weighted by molar-refractivity contribution is 8.18. The maximum Gasteiger partial charge on any atom is 0.293 e. The summed E-state index contributed by atoms with van der Waals surface area (Å²) in [5, 5.41) is 2.15. The van der Waals surface area contributed by atoms with Crippen molar-refractivity contribution in [3.63, 3.8) is 0 Å². The summed E-state index contributed by atoms with van der Waals surface area (Å²) in [7, 11) is 0. The molecule has 0 saturated carbocycles. The van der Waals surface area contributed by atoms with Crippen LogP contribution in [-0.2, 0) is 9.59 Å². The summed E-state index contributed by atoms with van der Waals surface area (Å²) in [5.41, 5.74) is 2.90. The molecule has 0 bridgehead atoms. The molecular weight excluding hydrogens is 431 g/mol. The van der Waals surface area contributed by atoms with E-state index in [1.165, 1.54) is 24.3 Å². The molecule has 1 heterocycles. The lowest BCUT2D eigenvalue weighted by Crippen LogP contribution is -2.37. The van der Waals surface area contributed by atoms with Gasteiger partial charge in [0.05, 0.1) is 4.91 Å². The van der Waals surface area contributed by atoms with Crippen LogP contribution >= 0.6 is 11.8 Å². The third-order valence-corrected chi connectivity index (χ3v) is 6.04. The van der Waals surface area contributed by atoms with E-state index in [-0.39, 0.29) is 48.1 Å². The molecule has 0 aromatic heterocycles. The number of carbonyl (C=O) groups excluding carboxylic acids is 4. The third-order valence-electron chi connectivity index (χ3n) is 5.13. The first kappa shape index (κ1) is 23.4. The number of halogens is 1. The topological polar surface area (TPSA) is 83.6 Å². The van der Waals surface area contributed by atoms with Crippen LogP contribution in [0.1, 0.15) is 39.9 Å². The molecule has 8 heteroatoms. The summed E-state index contributed by atoms with van der Waals surface area (Å²) in [5.74, 6) is -1.46. The van der Waals surface area contributed by atoms with Crippen molar-refractivity contribution in [3.05, 3.63) is 75.4 Å². The lowest BCUT2D eigenvalue weighted by molar-refractivity contribution is -0.124. The van der Waals surface area contributed by atoms with Gasteiger partial charge >= 0.3 is 0 Å². The Kier molecular flexibility index (Phi) is 7.58. The second kappa shape index (κ2) is 10.4. The van der Waals surface area contributed by atoms with E-state index in [1.54, 1.807) is 12.1 Å². The Bertz CT molecular complexity index is 1110. The van der Waals surface area contributed by atoms with Crippen molar-refractivity contribution in [1.82, 2.24) is 10.2 Å². The number of hydrogen-bond donors (Lipinski definition) is 1. The van der Waals surface area contributed by atoms with Gasteiger partial charge in [0.2, 0.25) is 5.91 Å². The van der Waals surface area contributed by atoms with Crippen molar-refractivity contribution in [3.8, 4) is 0 Å². The number of ketones is 1. The number of Topliss-reactive ketones (excluding diaryl/α,β-unsaturated/α-hetero) is 1. The van der Waals surface area contributed by atoms with Gasteiger partial charge in [-0.05, 0) is 54.9 Å². The zero-order chi connectivity index (χ0) is 23.3. The standard InChI is InChI=1S/C24H23FN2O4S/c1-15-7-8-18(13-16(15)2)20(28)9-10-22(29)26-11-12-27-23(30)21(32-24(27)31)14-17-5-3-4-6-19(17)25/h3-8,13-14H,9-12H2,1-2H3,(H,26,29)/b21-14-. The smallest absolute Gasteiger partial charge is 0.293 e. The fourth-order valence-electron chi connectivity index (χ4n) is 3.11. The largest absolute Gasteiger partial charge is 0.354 e. The van der Waals surface area contributed by atoms with Crippen molar-refractivity contribution >= 4 is 40.7 Å². The quantitative estimate of drug-likeness (QED) is 0.476. The van der Waals surface area contributed by atoms with Gasteiger partial charge in [0.15, 0.2) is 5.78 Å². The fraction of sp³-hybridized carbons (Fsp3) is 0.250. The van der Waals surface area contributed by atoms with Crippen LogP contribution in [0.25, 0.3) is 6.08 Å². The Morgan fingerprint density at radius 2 is 1.81 bits per heavy atom. The van der Waals surface area contributed by atoms with Gasteiger partial charge in [0, 0.05) is 37.1 Å². The molecule has 0 radical (unpaired) electrons. The number of hydrogen-bond acceptors (Lipinski definition) is 5. The zero-order valence-corrected chi connectivity index (χ0v) is 18.6. The van der Waals surface area contributed by atoms with E-state index in [9.17, 15) is 23.6 Å². The van der Waals surface area contributed by atoms with Gasteiger partial charge in [-0.3, -0.25) is 24.1 Å². The van der Waals surface area contributed by atoms with Crippen LogP contribution in [0.3, 0.4) is 0 Å². The number of imide groups is 1. The highest BCUT2D eigenvalue weighted by Crippen LogP contribution is 2.32. The van der Waals surface area contributed by atoms with Gasteiger partial charge in [-0.15, -0.1) is 0 Å². The van der Waals surface area contributed by atoms with E-state index in [1.807, 2.05) is 26.0 Å². The molecule has 3 rings (SSSR count). The third kappa shape index (κ3) is 5.70. The minimum Gasteiger partial charge on any atom is -0.354 e. The van der Waals surface area contributed by atoms with Crippen molar-refractivity contribution in [2.24, 2.45) is 0 Å². The predicted molar refractivity (Wildman–Crippen MR) is 122 cm³/mol. The average molecular weight is 455 g/mol. The molecule has 1 aliphatic heterocycles. The minimum atomic E-state index is -0.526. The number of carbonyl (C=O) groups is 4. The Labute approximate surface area is 189 Å². The van der Waals surface area contributed by atoms with Crippen LogP contribution in [0.5, 0.6) is 0 Å². The Morgan fingerprint density at radius 1 is 1.06 bits per heavy atom. The van der Waals surface area contributed by atoms with E-state index >= 15 is 0 Å². The molecule has 1 fully saturated rings. The lowest BCUT2D eigenvalue weighted by Gasteiger charge is -2.13. The SMILES string of the molecule is Cc1ccc(C(=O)CCC(=O)NCCN2C(=O)S/C(=C\c3ccccc3F)C2=O)cc1C. The fourth-order valence-corrected chi connectivity index (χ4v) is 3.96. The lowest BCUT2D eigenvalue weighted by atomic mass is 10.0. The monoisotopic (exact) mass is 454 g/mol. The van der Waals surface area contributed by atoms with E-state index in [4.69, 9.17) is 0 Å². The number of rotatable bonds is 8. The summed E-state index contributed by atoms with van der Waals surface area (Å²) in [6.07, 6.45) is 1.43. The predicted octanol–water partition coefficient (Wildman–Crippen LogP) is 4.26. The van der Waals surface area contributed by atoms with Gasteiger partial charge in [-0.25, -0.2) is 4.39 Å². The minimum absolute atomic E-state index is 0.00385. The van der Waals surface area contributed by atoms with Gasteiger partial charge in [0.1, 0.15) is 5.82 Å². The number of thioether (sulfide) groups is 1. The van der Waals surface area contributed by atoms with E-state index < -0.39 is 17.0 Å². The second-order valence-electron chi connectivity index (χ2n) is 7.43. The Hall–Kier alpha value is -3.26. The highest BCUT2D eigenvalue weighted by Gasteiger charge is 2.34. The molecule has 0 spiro atoms. The molecule has 2 aromatic rings. The molecule has 0 unspecified atom stereocenters. The first-order valence-corrected chi connectivity index (χ1v) is 10.9. The van der Waals surface area contributed by atoms with E-state index in [0.717, 1.165) is 27.8 Å². The molecule has 1 aliphatic rings. The summed E-state index contributed by atoms with van der Waals surface area (Å²) < 4.78 is 13.8. The molecule has 3 amide bonds. The number of aryl methyl sites for hydroxylation is 2. The summed E-state index contributed by atoms with van der Waals surface area (Å²) in [6, 6.07) is 11.4. The Balaban J connectivity index is 1.47. The van der Waals surface area contributed by atoms with E-state index in [2.05, 4.69) is 5.32 Å². The first-order chi connectivity index (χ1) is 15.3. The van der Waals surface area contributed by atoms with Gasteiger partial charge in [-0.1, -0.05) is 30.3 Å². The van der Waals surface area contributed by atoms with Crippen molar-refractivity contribution in [2.75, 3.05) is 13.1 Å². The van der Waals surface area contributed by atoms with Crippen molar-refractivity contribution in [2.45, 2.75) is 26.7 Å². The Morgan fingerprint density at radius 3 is 2.53 bits per heavy atom.